The predicted molar refractivity (Wildman–Crippen MR) is 272 cm³/mol. The Kier molecular flexibility index (Phi) is 12.1. The van der Waals surface area contributed by atoms with E-state index in [1.54, 1.807) is 42.7 Å². The summed E-state index contributed by atoms with van der Waals surface area (Å²) in [5.74, 6) is 3.67. The lowest BCUT2D eigenvalue weighted by Crippen LogP contribution is -2.19. The number of aromatic nitrogens is 4. The van der Waals surface area contributed by atoms with E-state index in [2.05, 4.69) is 73.8 Å². The van der Waals surface area contributed by atoms with Crippen molar-refractivity contribution in [2.45, 2.75) is 6.92 Å². The van der Waals surface area contributed by atoms with Crippen molar-refractivity contribution >= 4 is 33.9 Å². The van der Waals surface area contributed by atoms with Gasteiger partial charge in [-0.25, -0.2) is 0 Å². The van der Waals surface area contributed by atoms with Crippen molar-refractivity contribution in [3.63, 3.8) is 0 Å². The van der Waals surface area contributed by atoms with Crippen molar-refractivity contribution < 1.29 is 33.2 Å². The summed E-state index contributed by atoms with van der Waals surface area (Å²) >= 11 is 0. The topological polar surface area (TPSA) is 148 Å². The second-order valence-electron chi connectivity index (χ2n) is 16.8. The van der Waals surface area contributed by atoms with Gasteiger partial charge in [0.1, 0.15) is 34.5 Å². The highest BCUT2D eigenvalue weighted by molar-refractivity contribution is 6.04. The number of carbonyl (C=O) groups excluding carboxylic acids is 1. The number of hydrogen-bond acceptors (Lipinski definition) is 7. The second kappa shape index (κ2) is 18.9. The van der Waals surface area contributed by atoms with E-state index in [4.69, 9.17) is 28.4 Å². The second-order valence-corrected chi connectivity index (χ2v) is 16.8. The third-order valence-electron chi connectivity index (χ3n) is 12.6. The number of aryl methyl sites for hydroxylation is 1. The van der Waals surface area contributed by atoms with Crippen LogP contribution in [0.2, 0.25) is 0 Å². The van der Waals surface area contributed by atoms with Crippen LogP contribution in [0.1, 0.15) is 61.0 Å². The number of rotatable bonds is 12. The molecule has 1 aliphatic heterocycles. The molecule has 0 saturated heterocycles. The van der Waals surface area contributed by atoms with Gasteiger partial charge in [0, 0.05) is 95.9 Å². The summed E-state index contributed by atoms with van der Waals surface area (Å²) < 4.78 is 34.9. The number of amides is 1. The van der Waals surface area contributed by atoms with Gasteiger partial charge in [0.2, 0.25) is 0 Å². The number of fused-ring (bicyclic) bond motifs is 8. The minimum Gasteiger partial charge on any atom is -0.497 e. The van der Waals surface area contributed by atoms with E-state index in [0.29, 0.717) is 45.7 Å². The van der Waals surface area contributed by atoms with Gasteiger partial charge in [-0.05, 0) is 138 Å². The van der Waals surface area contributed by atoms with Gasteiger partial charge in [-0.3, -0.25) is 4.79 Å². The predicted octanol–water partition coefficient (Wildman–Crippen LogP) is 7.91. The number of ether oxygens (including phenoxy) is 6. The maximum atomic E-state index is 13.3. The number of anilines is 1. The molecule has 9 aromatic rings. The van der Waals surface area contributed by atoms with Crippen LogP contribution in [0.15, 0.2) is 152 Å². The lowest BCUT2D eigenvalue weighted by molar-refractivity contribution is 0.102. The Morgan fingerprint density at radius 3 is 0.986 bits per heavy atom. The van der Waals surface area contributed by atoms with Crippen molar-refractivity contribution in [2.24, 2.45) is 0 Å². The molecular weight excluding hydrogens is 879 g/mol. The Hall–Kier alpha value is -9.03. The average Bonchev–Trinajstić information content (AvgIpc) is 4.25. The van der Waals surface area contributed by atoms with E-state index in [9.17, 15) is 4.79 Å². The molecule has 0 radical (unpaired) electrons. The van der Waals surface area contributed by atoms with Crippen LogP contribution >= 0.6 is 0 Å². The molecule has 5 N–H and O–H groups in total. The molecule has 1 amide bonds. The summed E-state index contributed by atoms with van der Waals surface area (Å²) in [4.78, 5) is 28.6. The zero-order valence-corrected chi connectivity index (χ0v) is 39.8. The molecule has 10 rings (SSSR count). The van der Waals surface area contributed by atoms with Crippen LogP contribution in [0.25, 0.3) is 22.3 Å². The minimum atomic E-state index is -0.185. The van der Waals surface area contributed by atoms with Crippen LogP contribution in [0, 0.1) is 6.92 Å². The van der Waals surface area contributed by atoms with E-state index in [-0.39, 0.29) is 5.91 Å². The molecule has 12 heteroatoms. The average molecular weight is 930 g/mol. The maximum Gasteiger partial charge on any atom is 0.255 e. The third kappa shape index (κ3) is 8.69. The van der Waals surface area contributed by atoms with E-state index < -0.39 is 0 Å². The van der Waals surface area contributed by atoms with E-state index in [0.717, 1.165) is 94.3 Å². The Labute approximate surface area is 404 Å². The fourth-order valence-electron chi connectivity index (χ4n) is 9.06. The highest BCUT2D eigenvalue weighted by Crippen LogP contribution is 2.34. The van der Waals surface area contributed by atoms with Gasteiger partial charge in [0.15, 0.2) is 0 Å². The Morgan fingerprint density at radius 1 is 0.357 bits per heavy atom. The first-order valence-electron chi connectivity index (χ1n) is 22.6. The third-order valence-corrected chi connectivity index (χ3v) is 12.6. The molecule has 1 aliphatic rings. The van der Waals surface area contributed by atoms with Crippen LogP contribution in [-0.2, 0) is 0 Å². The van der Waals surface area contributed by atoms with Gasteiger partial charge in [-0.15, -0.1) is 0 Å². The largest absolute Gasteiger partial charge is 0.497 e. The van der Waals surface area contributed by atoms with Crippen LogP contribution in [-0.4, -0.2) is 68.5 Å². The number of hydrogen-bond donors (Lipinski definition) is 5. The fraction of sp³-hybridized carbons (Fsp3) is 0.121. The number of methoxy groups -OCH3 is 6. The highest BCUT2D eigenvalue weighted by Gasteiger charge is 2.21. The Balaban J connectivity index is 1.28. The fourth-order valence-corrected chi connectivity index (χ4v) is 9.06. The SMILES string of the molecule is COc1cc(OC)cc(C2=c3ccc([nH]3)=C(c3ccc(NC(=O)c4ccc(C)cc4)cc3)c3ccc([nH]3)C(c3cc(OC)cc(OC)c3)=c3ccc([nH]3)=C(c3cc(OC)cc(OC)c3)c3ccc2[nH]3)c1. The lowest BCUT2D eigenvalue weighted by Gasteiger charge is -2.13. The molecule has 5 heterocycles. The quantitative estimate of drug-likeness (QED) is 0.0837. The Bertz CT molecular complexity index is 3620. The van der Waals surface area contributed by atoms with Gasteiger partial charge in [-0.2, -0.15) is 0 Å². The number of nitrogens with one attached hydrogen (secondary N) is 5. The van der Waals surface area contributed by atoms with Gasteiger partial charge in [0.25, 0.3) is 5.91 Å². The number of benzene rings is 5. The number of H-pyrrole nitrogens is 4. The smallest absolute Gasteiger partial charge is 0.255 e. The summed E-state index contributed by atoms with van der Waals surface area (Å²) in [6, 6.07) is 49.7. The summed E-state index contributed by atoms with van der Waals surface area (Å²) in [5.41, 5.74) is 12.7. The Morgan fingerprint density at radius 2 is 0.671 bits per heavy atom. The summed E-state index contributed by atoms with van der Waals surface area (Å²) in [7, 11) is 9.89. The van der Waals surface area contributed by atoms with Crippen LogP contribution < -0.4 is 55.1 Å². The van der Waals surface area contributed by atoms with Crippen molar-refractivity contribution in [2.75, 3.05) is 48.0 Å². The molecule has 4 aromatic heterocycles. The van der Waals surface area contributed by atoms with E-state index >= 15 is 0 Å². The van der Waals surface area contributed by atoms with Crippen LogP contribution in [0.3, 0.4) is 0 Å². The van der Waals surface area contributed by atoms with Crippen molar-refractivity contribution in [3.8, 4) is 34.5 Å². The van der Waals surface area contributed by atoms with Crippen molar-refractivity contribution in [3.05, 3.63) is 229 Å². The standard InChI is InChI=1S/C58H51N5O7/c1-33-8-10-35(11-9-33)58(64)59-39-14-12-34(13-15-39)54-46-16-18-48(60-46)55(36-24-40(65-2)30-41(25-36)66-3)50-20-22-52(62-50)57(38-28-44(69-6)32-45(29-38)70-7)53-23-21-51(63-53)56(49-19-17-47(54)61-49)37-26-42(67-4)31-43(27-37)68-5/h8-32,60-63H,1-7H3,(H,59,64). The molecule has 0 spiro atoms. The van der Waals surface area contributed by atoms with Gasteiger partial charge < -0.3 is 53.7 Å². The maximum absolute atomic E-state index is 13.3. The molecule has 0 atom stereocenters. The van der Waals surface area contributed by atoms with Gasteiger partial charge in [-0.1, -0.05) is 29.8 Å². The molecule has 0 saturated carbocycles. The molecule has 0 fully saturated rings. The zero-order valence-electron chi connectivity index (χ0n) is 39.8. The molecular formula is C58H51N5O7. The number of carbonyl (C=O) groups is 1. The van der Waals surface area contributed by atoms with Crippen molar-refractivity contribution in [1.82, 2.24) is 19.9 Å². The van der Waals surface area contributed by atoms with Gasteiger partial charge in [0.05, 0.1) is 42.7 Å². The molecule has 70 heavy (non-hydrogen) atoms. The lowest BCUT2D eigenvalue weighted by atomic mass is 10.0. The van der Waals surface area contributed by atoms with E-state index in [1.807, 2.05) is 110 Å². The molecule has 350 valence electrons. The summed E-state index contributed by atoms with van der Waals surface area (Å²) in [5, 5.41) is 6.41. The molecule has 5 aromatic carbocycles. The first-order valence-corrected chi connectivity index (χ1v) is 22.6. The molecule has 0 unspecified atom stereocenters. The normalized spacial score (nSPS) is 12.2. The minimum absolute atomic E-state index is 0.185. The molecule has 12 nitrogen and oxygen atoms in total. The van der Waals surface area contributed by atoms with Crippen LogP contribution in [0.4, 0.5) is 5.69 Å². The van der Waals surface area contributed by atoms with Gasteiger partial charge >= 0.3 is 0 Å². The van der Waals surface area contributed by atoms with Crippen LogP contribution in [0.5, 0.6) is 34.5 Å². The summed E-state index contributed by atoms with van der Waals surface area (Å²) in [6.45, 7) is 2.00. The highest BCUT2D eigenvalue weighted by atomic mass is 16.5. The zero-order chi connectivity index (χ0) is 48.5. The van der Waals surface area contributed by atoms with Crippen molar-refractivity contribution in [1.29, 1.82) is 0 Å². The summed E-state index contributed by atoms with van der Waals surface area (Å²) in [6.07, 6.45) is 0. The monoisotopic (exact) mass is 929 g/mol. The number of aromatic amines is 4. The first-order chi connectivity index (χ1) is 34.1. The molecule has 0 aliphatic carbocycles. The first kappa shape index (κ1) is 44.8. The molecule has 8 bridgehead atoms. The van der Waals surface area contributed by atoms with E-state index in [1.165, 1.54) is 0 Å².